The van der Waals surface area contributed by atoms with Crippen molar-refractivity contribution >= 4 is 32.6 Å². The standard InChI is InChI=1S/C17H16F3N3O4S/c18-17(19,20)27-11-1-2-12-14(9-11)28-16(21-12)23-5-3-22(4-6-23)15(24)13-10-25-7-8-26-13/h1-2,9-10H,3-8H2. The van der Waals surface area contributed by atoms with Gasteiger partial charge in [0.05, 0.1) is 10.2 Å². The van der Waals surface area contributed by atoms with Crippen LogP contribution in [0.2, 0.25) is 0 Å². The zero-order valence-electron chi connectivity index (χ0n) is 14.6. The molecule has 1 saturated heterocycles. The van der Waals surface area contributed by atoms with Gasteiger partial charge in [0.2, 0.25) is 5.76 Å². The number of aromatic nitrogens is 1. The van der Waals surface area contributed by atoms with Crippen LogP contribution in [0, 0.1) is 0 Å². The van der Waals surface area contributed by atoms with Gasteiger partial charge >= 0.3 is 6.36 Å². The van der Waals surface area contributed by atoms with Gasteiger partial charge in [-0.3, -0.25) is 4.79 Å². The summed E-state index contributed by atoms with van der Waals surface area (Å²) >= 11 is 1.29. The van der Waals surface area contributed by atoms with Gasteiger partial charge in [0, 0.05) is 32.2 Å². The Hall–Kier alpha value is -2.69. The number of nitrogens with zero attached hydrogens (tertiary/aromatic N) is 3. The van der Waals surface area contributed by atoms with E-state index in [9.17, 15) is 18.0 Å². The van der Waals surface area contributed by atoms with E-state index >= 15 is 0 Å². The molecule has 0 radical (unpaired) electrons. The maximum atomic E-state index is 12.4. The molecule has 0 bridgehead atoms. The Morgan fingerprint density at radius 3 is 2.64 bits per heavy atom. The van der Waals surface area contributed by atoms with Crippen LogP contribution in [-0.4, -0.2) is 61.5 Å². The van der Waals surface area contributed by atoms with Crippen molar-refractivity contribution in [3.8, 4) is 5.75 Å². The van der Waals surface area contributed by atoms with E-state index in [4.69, 9.17) is 9.47 Å². The smallest absolute Gasteiger partial charge is 0.494 e. The van der Waals surface area contributed by atoms with E-state index in [-0.39, 0.29) is 17.4 Å². The summed E-state index contributed by atoms with van der Waals surface area (Å²) in [5.41, 5.74) is 0.603. The van der Waals surface area contributed by atoms with Crippen LogP contribution in [-0.2, 0) is 14.3 Å². The number of fused-ring (bicyclic) bond motifs is 1. The second kappa shape index (κ2) is 7.38. The lowest BCUT2D eigenvalue weighted by molar-refractivity contribution is -0.274. The van der Waals surface area contributed by atoms with Crippen molar-refractivity contribution in [2.45, 2.75) is 6.36 Å². The monoisotopic (exact) mass is 415 g/mol. The summed E-state index contributed by atoms with van der Waals surface area (Å²) in [6.45, 7) is 2.87. The minimum absolute atomic E-state index is 0.205. The van der Waals surface area contributed by atoms with Crippen molar-refractivity contribution in [3.05, 3.63) is 30.2 Å². The average molecular weight is 415 g/mol. The largest absolute Gasteiger partial charge is 0.573 e. The number of amides is 1. The summed E-state index contributed by atoms with van der Waals surface area (Å²) in [4.78, 5) is 20.6. The molecule has 7 nitrogen and oxygen atoms in total. The molecule has 0 unspecified atom stereocenters. The molecule has 0 atom stereocenters. The van der Waals surface area contributed by atoms with Gasteiger partial charge < -0.3 is 24.0 Å². The van der Waals surface area contributed by atoms with E-state index in [1.807, 2.05) is 4.90 Å². The molecule has 0 aliphatic carbocycles. The highest BCUT2D eigenvalue weighted by molar-refractivity contribution is 7.22. The molecule has 28 heavy (non-hydrogen) atoms. The molecule has 0 saturated carbocycles. The number of halogens is 3. The third-order valence-corrected chi connectivity index (χ3v) is 5.36. The van der Waals surface area contributed by atoms with E-state index in [1.54, 1.807) is 4.90 Å². The Bertz CT molecular complexity index is 907. The van der Waals surface area contributed by atoms with Crippen molar-refractivity contribution in [2.75, 3.05) is 44.3 Å². The van der Waals surface area contributed by atoms with Gasteiger partial charge in [-0.15, -0.1) is 13.2 Å². The topological polar surface area (TPSA) is 64.1 Å². The molecule has 2 aromatic rings. The fourth-order valence-corrected chi connectivity index (χ4v) is 4.01. The van der Waals surface area contributed by atoms with Crippen LogP contribution in [0.25, 0.3) is 10.2 Å². The van der Waals surface area contributed by atoms with Crippen LogP contribution in [0.1, 0.15) is 0 Å². The molecule has 11 heteroatoms. The number of benzene rings is 1. The predicted octanol–water partition coefficient (Wildman–Crippen LogP) is 2.73. The normalized spacial score (nSPS) is 17.8. The molecule has 2 aliphatic heterocycles. The Morgan fingerprint density at radius 2 is 1.96 bits per heavy atom. The Labute approximate surface area is 161 Å². The van der Waals surface area contributed by atoms with Crippen LogP contribution in [0.3, 0.4) is 0 Å². The van der Waals surface area contributed by atoms with Crippen LogP contribution in [0.4, 0.5) is 18.3 Å². The number of thiazole rings is 1. The quantitative estimate of drug-likeness (QED) is 0.768. The molecule has 1 aromatic heterocycles. The molecule has 1 amide bonds. The second-order valence-electron chi connectivity index (χ2n) is 6.15. The molecule has 1 aromatic carbocycles. The summed E-state index contributed by atoms with van der Waals surface area (Å²) in [6, 6.07) is 4.08. The second-order valence-corrected chi connectivity index (χ2v) is 7.16. The summed E-state index contributed by atoms with van der Waals surface area (Å²) in [5.74, 6) is -0.275. The van der Waals surface area contributed by atoms with Gasteiger partial charge in [-0.1, -0.05) is 11.3 Å². The molecular weight excluding hydrogens is 399 g/mol. The lowest BCUT2D eigenvalue weighted by atomic mass is 10.3. The molecule has 0 spiro atoms. The fourth-order valence-electron chi connectivity index (χ4n) is 2.96. The third kappa shape index (κ3) is 4.08. The highest BCUT2D eigenvalue weighted by atomic mass is 32.1. The lowest BCUT2D eigenvalue weighted by Crippen LogP contribution is -2.49. The first-order valence-corrected chi connectivity index (χ1v) is 9.36. The SMILES string of the molecule is O=C(C1=COCCO1)N1CCN(c2nc3ccc(OC(F)(F)F)cc3s2)CC1. The predicted molar refractivity (Wildman–Crippen MR) is 95.1 cm³/mol. The maximum absolute atomic E-state index is 12.4. The Balaban J connectivity index is 1.42. The van der Waals surface area contributed by atoms with Gasteiger partial charge in [-0.25, -0.2) is 4.98 Å². The molecule has 3 heterocycles. The van der Waals surface area contributed by atoms with Crippen LogP contribution in [0.5, 0.6) is 5.75 Å². The van der Waals surface area contributed by atoms with Crippen molar-refractivity contribution in [2.24, 2.45) is 0 Å². The molecule has 0 N–H and O–H groups in total. The fraction of sp³-hybridized carbons (Fsp3) is 0.412. The zero-order chi connectivity index (χ0) is 19.7. The maximum Gasteiger partial charge on any atom is 0.573 e. The molecule has 150 valence electrons. The van der Waals surface area contributed by atoms with Crippen LogP contribution in [0.15, 0.2) is 30.2 Å². The van der Waals surface area contributed by atoms with Gasteiger partial charge in [0.15, 0.2) is 5.13 Å². The van der Waals surface area contributed by atoms with Gasteiger partial charge in [-0.2, -0.15) is 0 Å². The van der Waals surface area contributed by atoms with E-state index in [1.165, 1.54) is 35.8 Å². The zero-order valence-corrected chi connectivity index (χ0v) is 15.4. The van der Waals surface area contributed by atoms with Crippen LogP contribution >= 0.6 is 11.3 Å². The average Bonchev–Trinajstić information content (AvgIpc) is 3.10. The summed E-state index contributed by atoms with van der Waals surface area (Å²) in [7, 11) is 0. The van der Waals surface area contributed by atoms with Crippen molar-refractivity contribution in [1.29, 1.82) is 0 Å². The summed E-state index contributed by atoms with van der Waals surface area (Å²) < 4.78 is 52.1. The number of piperazine rings is 1. The first-order chi connectivity index (χ1) is 13.4. The summed E-state index contributed by atoms with van der Waals surface area (Å²) in [5, 5.41) is 0.697. The van der Waals surface area contributed by atoms with Gasteiger partial charge in [0.1, 0.15) is 25.2 Å². The third-order valence-electron chi connectivity index (χ3n) is 4.28. The van der Waals surface area contributed by atoms with E-state index in [2.05, 4.69) is 9.72 Å². The van der Waals surface area contributed by atoms with E-state index in [0.29, 0.717) is 54.7 Å². The number of carbonyl (C=O) groups excluding carboxylic acids is 1. The minimum Gasteiger partial charge on any atom is -0.494 e. The number of rotatable bonds is 3. The highest BCUT2D eigenvalue weighted by Gasteiger charge is 2.31. The number of carbonyl (C=O) groups is 1. The van der Waals surface area contributed by atoms with Crippen LogP contribution < -0.4 is 9.64 Å². The van der Waals surface area contributed by atoms with Gasteiger partial charge in [-0.05, 0) is 12.1 Å². The van der Waals surface area contributed by atoms with E-state index in [0.717, 1.165) is 0 Å². The van der Waals surface area contributed by atoms with Gasteiger partial charge in [0.25, 0.3) is 5.91 Å². The number of hydrogen-bond donors (Lipinski definition) is 0. The number of ether oxygens (including phenoxy) is 3. The molecular formula is C17H16F3N3O4S. The number of anilines is 1. The number of alkyl halides is 3. The molecule has 4 rings (SSSR count). The minimum atomic E-state index is -4.73. The summed E-state index contributed by atoms with van der Waals surface area (Å²) in [6.07, 6.45) is -3.39. The number of hydrogen-bond acceptors (Lipinski definition) is 7. The van der Waals surface area contributed by atoms with E-state index < -0.39 is 6.36 Å². The first kappa shape index (κ1) is 18.7. The molecule has 1 fully saturated rings. The van der Waals surface area contributed by atoms with Crippen molar-refractivity contribution in [3.63, 3.8) is 0 Å². The Morgan fingerprint density at radius 1 is 1.18 bits per heavy atom. The van der Waals surface area contributed by atoms with Crippen molar-refractivity contribution < 1.29 is 32.2 Å². The Kier molecular flexibility index (Phi) is 4.92. The first-order valence-electron chi connectivity index (χ1n) is 8.54. The van der Waals surface area contributed by atoms with Crippen molar-refractivity contribution in [1.82, 2.24) is 9.88 Å². The molecule has 2 aliphatic rings. The lowest BCUT2D eigenvalue weighted by Gasteiger charge is -2.35. The highest BCUT2D eigenvalue weighted by Crippen LogP contribution is 2.33.